The predicted octanol–water partition coefficient (Wildman–Crippen LogP) is 2.33. The predicted molar refractivity (Wildman–Crippen MR) is 79.4 cm³/mol. The van der Waals surface area contributed by atoms with Crippen LogP contribution in [0.5, 0.6) is 0 Å². The van der Waals surface area contributed by atoms with E-state index in [0.717, 1.165) is 21.2 Å². The lowest BCUT2D eigenvalue weighted by Crippen LogP contribution is -2.39. The molecule has 2 N–H and O–H groups in total. The molecule has 1 rings (SSSR count). The average molecular weight is 346 g/mol. The number of amides is 1. The van der Waals surface area contributed by atoms with E-state index in [4.69, 9.17) is 0 Å². The van der Waals surface area contributed by atoms with Gasteiger partial charge < -0.3 is 10.6 Å². The molecule has 94 valence electrons. The molecule has 0 radical (unpaired) electrons. The maximum atomic E-state index is 12.0. The maximum absolute atomic E-state index is 12.0. The first-order chi connectivity index (χ1) is 8.04. The smallest absolute Gasteiger partial charge is 0.252 e. The molecule has 17 heavy (non-hydrogen) atoms. The molecule has 0 aliphatic rings. The number of halogens is 1. The molecule has 0 saturated carbocycles. The minimum Gasteiger partial charge on any atom is -0.350 e. The molecule has 0 aliphatic heterocycles. The summed E-state index contributed by atoms with van der Waals surface area (Å²) in [6.07, 6.45) is 0. The van der Waals surface area contributed by atoms with Crippen LogP contribution in [0.1, 0.15) is 29.8 Å². The zero-order valence-electron chi connectivity index (χ0n) is 10.5. The Morgan fingerprint density at radius 2 is 2.18 bits per heavy atom. The van der Waals surface area contributed by atoms with E-state index < -0.39 is 0 Å². The lowest BCUT2D eigenvalue weighted by atomic mass is 10.1. The summed E-state index contributed by atoms with van der Waals surface area (Å²) in [6.45, 7) is 7.68. The Bertz CT molecular complexity index is 393. The van der Waals surface area contributed by atoms with Crippen molar-refractivity contribution in [1.29, 1.82) is 0 Å². The first-order valence-corrected chi connectivity index (χ1v) is 6.90. The Morgan fingerprint density at radius 1 is 1.47 bits per heavy atom. The summed E-state index contributed by atoms with van der Waals surface area (Å²) in [6, 6.07) is 6.21. The third-order valence-corrected chi connectivity index (χ3v) is 3.43. The number of benzene rings is 1. The molecule has 0 aliphatic carbocycles. The SMILES string of the molecule is CCN[C@H](C)CNC(=O)c1cc(C)ccc1I. The van der Waals surface area contributed by atoms with Crippen LogP contribution in [0.4, 0.5) is 0 Å². The van der Waals surface area contributed by atoms with E-state index in [0.29, 0.717) is 12.6 Å². The maximum Gasteiger partial charge on any atom is 0.252 e. The number of hydrogen-bond acceptors (Lipinski definition) is 2. The fourth-order valence-electron chi connectivity index (χ4n) is 1.57. The van der Waals surface area contributed by atoms with Gasteiger partial charge in [-0.15, -0.1) is 0 Å². The first kappa shape index (κ1) is 14.4. The van der Waals surface area contributed by atoms with E-state index in [1.54, 1.807) is 0 Å². The van der Waals surface area contributed by atoms with Gasteiger partial charge in [0.25, 0.3) is 5.91 Å². The molecule has 0 saturated heterocycles. The molecule has 1 aromatic rings. The second kappa shape index (κ2) is 6.96. The van der Waals surface area contributed by atoms with Crippen molar-refractivity contribution in [2.24, 2.45) is 0 Å². The minimum atomic E-state index is 0.00264. The van der Waals surface area contributed by atoms with E-state index in [1.165, 1.54) is 0 Å². The van der Waals surface area contributed by atoms with Gasteiger partial charge in [-0.3, -0.25) is 4.79 Å². The van der Waals surface area contributed by atoms with Crippen molar-refractivity contribution in [2.45, 2.75) is 26.8 Å². The van der Waals surface area contributed by atoms with Crippen LogP contribution in [0.2, 0.25) is 0 Å². The zero-order chi connectivity index (χ0) is 12.8. The number of likely N-dealkylation sites (N-methyl/N-ethyl adjacent to an activating group) is 1. The van der Waals surface area contributed by atoms with Gasteiger partial charge in [0.15, 0.2) is 0 Å². The Hall–Kier alpha value is -0.620. The van der Waals surface area contributed by atoms with Crippen LogP contribution in [-0.2, 0) is 0 Å². The van der Waals surface area contributed by atoms with Crippen molar-refractivity contribution >= 4 is 28.5 Å². The van der Waals surface area contributed by atoms with Gasteiger partial charge >= 0.3 is 0 Å². The van der Waals surface area contributed by atoms with E-state index in [2.05, 4.69) is 47.1 Å². The van der Waals surface area contributed by atoms with Gasteiger partial charge in [0, 0.05) is 16.2 Å². The topological polar surface area (TPSA) is 41.1 Å². The fraction of sp³-hybridized carbons (Fsp3) is 0.462. The van der Waals surface area contributed by atoms with E-state index in [1.807, 2.05) is 25.1 Å². The molecule has 3 nitrogen and oxygen atoms in total. The molecule has 0 aromatic heterocycles. The van der Waals surface area contributed by atoms with Crippen molar-refractivity contribution in [1.82, 2.24) is 10.6 Å². The van der Waals surface area contributed by atoms with Gasteiger partial charge in [0.1, 0.15) is 0 Å². The van der Waals surface area contributed by atoms with Gasteiger partial charge in [-0.2, -0.15) is 0 Å². The monoisotopic (exact) mass is 346 g/mol. The highest BCUT2D eigenvalue weighted by atomic mass is 127. The number of hydrogen-bond donors (Lipinski definition) is 2. The molecule has 0 fully saturated rings. The van der Waals surface area contributed by atoms with Gasteiger partial charge in [-0.1, -0.05) is 18.6 Å². The van der Waals surface area contributed by atoms with Crippen LogP contribution in [0.3, 0.4) is 0 Å². The van der Waals surface area contributed by atoms with Crippen LogP contribution >= 0.6 is 22.6 Å². The van der Waals surface area contributed by atoms with E-state index in [9.17, 15) is 4.79 Å². The molecule has 1 amide bonds. The van der Waals surface area contributed by atoms with Gasteiger partial charge in [0.2, 0.25) is 0 Å². The summed E-state index contributed by atoms with van der Waals surface area (Å²) in [5.41, 5.74) is 1.87. The molecule has 0 spiro atoms. The van der Waals surface area contributed by atoms with Gasteiger partial charge in [0.05, 0.1) is 5.56 Å². The molecule has 1 atom stereocenters. The summed E-state index contributed by atoms with van der Waals surface area (Å²) in [4.78, 5) is 12.0. The fourth-order valence-corrected chi connectivity index (χ4v) is 2.16. The highest BCUT2D eigenvalue weighted by molar-refractivity contribution is 14.1. The summed E-state index contributed by atoms with van der Waals surface area (Å²) >= 11 is 2.19. The summed E-state index contributed by atoms with van der Waals surface area (Å²) in [5, 5.41) is 6.21. The van der Waals surface area contributed by atoms with Crippen molar-refractivity contribution in [3.8, 4) is 0 Å². The normalized spacial score (nSPS) is 12.2. The molecule has 0 heterocycles. The van der Waals surface area contributed by atoms with Crippen LogP contribution in [0.15, 0.2) is 18.2 Å². The van der Waals surface area contributed by atoms with Crippen molar-refractivity contribution < 1.29 is 4.79 Å². The van der Waals surface area contributed by atoms with E-state index >= 15 is 0 Å². The highest BCUT2D eigenvalue weighted by Gasteiger charge is 2.10. The van der Waals surface area contributed by atoms with Crippen molar-refractivity contribution in [3.05, 3.63) is 32.9 Å². The third-order valence-electron chi connectivity index (χ3n) is 2.49. The average Bonchev–Trinajstić information content (AvgIpc) is 2.29. The van der Waals surface area contributed by atoms with Crippen LogP contribution in [0, 0.1) is 10.5 Å². The largest absolute Gasteiger partial charge is 0.350 e. The lowest BCUT2D eigenvalue weighted by molar-refractivity contribution is 0.0949. The number of aryl methyl sites for hydroxylation is 1. The zero-order valence-corrected chi connectivity index (χ0v) is 12.7. The quantitative estimate of drug-likeness (QED) is 0.804. The molecule has 0 unspecified atom stereocenters. The second-order valence-electron chi connectivity index (χ2n) is 4.15. The second-order valence-corrected chi connectivity index (χ2v) is 5.31. The van der Waals surface area contributed by atoms with Crippen LogP contribution in [0.25, 0.3) is 0 Å². The minimum absolute atomic E-state index is 0.00264. The molecule has 4 heteroatoms. The Kier molecular flexibility index (Phi) is 5.91. The number of nitrogens with one attached hydrogen (secondary N) is 2. The summed E-state index contributed by atoms with van der Waals surface area (Å²) < 4.78 is 0.988. The number of carbonyl (C=O) groups excluding carboxylic acids is 1. The number of carbonyl (C=O) groups is 1. The summed E-state index contributed by atoms with van der Waals surface area (Å²) in [5.74, 6) is 0.00264. The Labute approximate surface area is 117 Å². The molecular formula is C13H19IN2O. The molecule has 0 bridgehead atoms. The van der Waals surface area contributed by atoms with E-state index in [-0.39, 0.29) is 5.91 Å². The Morgan fingerprint density at radius 3 is 2.82 bits per heavy atom. The standard InChI is InChI=1S/C13H19IN2O/c1-4-15-10(3)8-16-13(17)11-7-9(2)5-6-12(11)14/h5-7,10,15H,4,8H2,1-3H3,(H,16,17)/t10-/m1/s1. The third kappa shape index (κ3) is 4.63. The molecular weight excluding hydrogens is 327 g/mol. The number of rotatable bonds is 5. The van der Waals surface area contributed by atoms with Crippen molar-refractivity contribution in [3.63, 3.8) is 0 Å². The summed E-state index contributed by atoms with van der Waals surface area (Å²) in [7, 11) is 0. The van der Waals surface area contributed by atoms with Gasteiger partial charge in [-0.05, 0) is 55.1 Å². The Balaban J connectivity index is 2.61. The van der Waals surface area contributed by atoms with Crippen LogP contribution in [-0.4, -0.2) is 25.0 Å². The van der Waals surface area contributed by atoms with Crippen molar-refractivity contribution in [2.75, 3.05) is 13.1 Å². The first-order valence-electron chi connectivity index (χ1n) is 5.82. The van der Waals surface area contributed by atoms with Gasteiger partial charge in [-0.25, -0.2) is 0 Å². The molecule has 1 aromatic carbocycles. The highest BCUT2D eigenvalue weighted by Crippen LogP contribution is 2.13. The lowest BCUT2D eigenvalue weighted by Gasteiger charge is -2.14. The van der Waals surface area contributed by atoms with Crippen LogP contribution < -0.4 is 10.6 Å².